The molecule has 0 aliphatic heterocycles. The zero-order valence-corrected chi connectivity index (χ0v) is 9.20. The number of hydrogen-bond donors (Lipinski definition) is 2. The molecule has 3 heteroatoms. The molecule has 0 heterocycles. The van der Waals surface area contributed by atoms with Crippen LogP contribution >= 0.6 is 0 Å². The largest absolute Gasteiger partial charge is 0.391 e. The average Bonchev–Trinajstić information content (AvgIpc) is 2.21. The summed E-state index contributed by atoms with van der Waals surface area (Å²) in [6, 6.07) is 4.29. The smallest absolute Gasteiger partial charge is 0.126 e. The van der Waals surface area contributed by atoms with Crippen LogP contribution in [-0.4, -0.2) is 11.2 Å². The number of benzene rings is 1. The van der Waals surface area contributed by atoms with Gasteiger partial charge in [-0.3, -0.25) is 0 Å². The van der Waals surface area contributed by atoms with Gasteiger partial charge in [-0.15, -0.1) is 0 Å². The van der Waals surface area contributed by atoms with Gasteiger partial charge in [0, 0.05) is 0 Å². The minimum Gasteiger partial charge on any atom is -0.391 e. The Bertz CT molecular complexity index is 327. The van der Waals surface area contributed by atoms with E-state index in [1.54, 1.807) is 19.1 Å². The molecule has 3 N–H and O–H groups in total. The van der Waals surface area contributed by atoms with Crippen molar-refractivity contribution in [3.05, 3.63) is 35.1 Å². The third-order valence-corrected chi connectivity index (χ3v) is 2.57. The second-order valence-corrected chi connectivity index (χ2v) is 3.89. The minimum absolute atomic E-state index is 0.240. The van der Waals surface area contributed by atoms with E-state index in [1.807, 2.05) is 6.92 Å². The van der Waals surface area contributed by atoms with E-state index >= 15 is 0 Å². The van der Waals surface area contributed by atoms with Crippen LogP contribution in [0.25, 0.3) is 0 Å². The molecule has 15 heavy (non-hydrogen) atoms. The lowest BCUT2D eigenvalue weighted by atomic mass is 9.98. The molecule has 84 valence electrons. The Labute approximate surface area is 89.9 Å². The van der Waals surface area contributed by atoms with Crippen molar-refractivity contribution >= 4 is 0 Å². The van der Waals surface area contributed by atoms with Gasteiger partial charge in [-0.05, 0) is 30.5 Å². The van der Waals surface area contributed by atoms with E-state index in [9.17, 15) is 9.50 Å². The predicted molar refractivity (Wildman–Crippen MR) is 59.0 cm³/mol. The van der Waals surface area contributed by atoms with Crippen LogP contribution in [0.5, 0.6) is 0 Å². The zero-order chi connectivity index (χ0) is 11.4. The van der Waals surface area contributed by atoms with Crippen LogP contribution in [0.2, 0.25) is 0 Å². The fraction of sp³-hybridized carbons (Fsp3) is 0.500. The lowest BCUT2D eigenvalue weighted by Crippen LogP contribution is -2.26. The van der Waals surface area contributed by atoms with E-state index in [-0.39, 0.29) is 5.82 Å². The Morgan fingerprint density at radius 2 is 2.13 bits per heavy atom. The van der Waals surface area contributed by atoms with Crippen LogP contribution in [-0.2, 0) is 0 Å². The Morgan fingerprint density at radius 1 is 1.47 bits per heavy atom. The first-order chi connectivity index (χ1) is 7.06. The van der Waals surface area contributed by atoms with Gasteiger partial charge in [-0.2, -0.15) is 0 Å². The molecule has 0 bridgehead atoms. The molecule has 0 radical (unpaired) electrons. The normalized spacial score (nSPS) is 15.0. The Kier molecular flexibility index (Phi) is 4.24. The van der Waals surface area contributed by atoms with Crippen molar-refractivity contribution in [3.63, 3.8) is 0 Å². The molecule has 0 spiro atoms. The topological polar surface area (TPSA) is 46.2 Å². The molecule has 0 aliphatic carbocycles. The molecular weight excluding hydrogens is 193 g/mol. The van der Waals surface area contributed by atoms with E-state index in [0.717, 1.165) is 12.0 Å². The monoisotopic (exact) mass is 211 g/mol. The highest BCUT2D eigenvalue weighted by atomic mass is 19.1. The standard InChI is InChI=1S/C12H18FNO/c1-3-4-11(15)12(14)9-5-6-10(13)8(2)7-9/h5-7,11-12,15H,3-4,14H2,1-2H3/t11-,12+/m1/s1. The van der Waals surface area contributed by atoms with Gasteiger partial charge in [-0.1, -0.05) is 25.5 Å². The molecule has 0 saturated heterocycles. The minimum atomic E-state index is -0.556. The average molecular weight is 211 g/mol. The fourth-order valence-electron chi connectivity index (χ4n) is 1.57. The van der Waals surface area contributed by atoms with Crippen LogP contribution in [0.3, 0.4) is 0 Å². The number of halogens is 1. The van der Waals surface area contributed by atoms with Gasteiger partial charge in [0.2, 0.25) is 0 Å². The number of hydrogen-bond acceptors (Lipinski definition) is 2. The molecule has 2 atom stereocenters. The second kappa shape index (κ2) is 5.24. The maximum Gasteiger partial charge on any atom is 0.126 e. The third kappa shape index (κ3) is 3.01. The first kappa shape index (κ1) is 12.1. The van der Waals surface area contributed by atoms with Gasteiger partial charge in [0.1, 0.15) is 5.82 Å². The summed E-state index contributed by atoms with van der Waals surface area (Å²) in [5.41, 5.74) is 7.22. The van der Waals surface area contributed by atoms with E-state index in [4.69, 9.17) is 5.73 Å². The van der Waals surface area contributed by atoms with Crippen LogP contribution in [0.15, 0.2) is 18.2 Å². The first-order valence-electron chi connectivity index (χ1n) is 5.26. The SMILES string of the molecule is CCC[C@@H](O)[C@@H](N)c1ccc(F)c(C)c1. The molecule has 0 fully saturated rings. The van der Waals surface area contributed by atoms with Gasteiger partial charge in [0.25, 0.3) is 0 Å². The van der Waals surface area contributed by atoms with E-state index in [2.05, 4.69) is 0 Å². The number of nitrogens with two attached hydrogens (primary N) is 1. The summed E-state index contributed by atoms with van der Waals surface area (Å²) in [4.78, 5) is 0. The molecular formula is C12H18FNO. The molecule has 1 rings (SSSR count). The number of aliphatic hydroxyl groups is 1. The molecule has 0 aliphatic rings. The summed E-state index contributed by atoms with van der Waals surface area (Å²) in [6.45, 7) is 3.68. The van der Waals surface area contributed by atoms with Gasteiger partial charge in [0.15, 0.2) is 0 Å². The van der Waals surface area contributed by atoms with E-state index < -0.39 is 12.1 Å². The highest BCUT2D eigenvalue weighted by Gasteiger charge is 2.16. The lowest BCUT2D eigenvalue weighted by Gasteiger charge is -2.19. The summed E-state index contributed by atoms with van der Waals surface area (Å²) < 4.78 is 13.0. The van der Waals surface area contributed by atoms with Gasteiger partial charge >= 0.3 is 0 Å². The maximum atomic E-state index is 13.0. The molecule has 2 nitrogen and oxygen atoms in total. The Balaban J connectivity index is 2.81. The summed E-state index contributed by atoms with van der Waals surface area (Å²) in [5, 5.41) is 9.71. The van der Waals surface area contributed by atoms with Crippen molar-refractivity contribution in [2.24, 2.45) is 5.73 Å². The molecule has 1 aromatic rings. The van der Waals surface area contributed by atoms with Crippen LogP contribution in [0, 0.1) is 12.7 Å². The van der Waals surface area contributed by atoms with Crippen molar-refractivity contribution in [1.82, 2.24) is 0 Å². The summed E-state index contributed by atoms with van der Waals surface area (Å²) >= 11 is 0. The number of aliphatic hydroxyl groups excluding tert-OH is 1. The Morgan fingerprint density at radius 3 is 2.67 bits per heavy atom. The van der Waals surface area contributed by atoms with Gasteiger partial charge in [-0.25, -0.2) is 4.39 Å². The number of aryl methyl sites for hydroxylation is 1. The van der Waals surface area contributed by atoms with Crippen LogP contribution in [0.4, 0.5) is 4.39 Å². The summed E-state index contributed by atoms with van der Waals surface area (Å²) in [5.74, 6) is -0.240. The van der Waals surface area contributed by atoms with Crippen molar-refractivity contribution < 1.29 is 9.50 Å². The van der Waals surface area contributed by atoms with E-state index in [0.29, 0.717) is 12.0 Å². The van der Waals surface area contributed by atoms with Crippen molar-refractivity contribution in [2.45, 2.75) is 38.8 Å². The summed E-state index contributed by atoms with van der Waals surface area (Å²) in [6.07, 6.45) is 0.993. The quantitative estimate of drug-likeness (QED) is 0.802. The highest BCUT2D eigenvalue weighted by Crippen LogP contribution is 2.19. The van der Waals surface area contributed by atoms with Crippen LogP contribution in [0.1, 0.15) is 36.9 Å². The van der Waals surface area contributed by atoms with Crippen molar-refractivity contribution in [3.8, 4) is 0 Å². The van der Waals surface area contributed by atoms with E-state index in [1.165, 1.54) is 6.07 Å². The van der Waals surface area contributed by atoms with Crippen LogP contribution < -0.4 is 5.73 Å². The lowest BCUT2D eigenvalue weighted by molar-refractivity contribution is 0.134. The highest BCUT2D eigenvalue weighted by molar-refractivity contribution is 5.26. The molecule has 0 amide bonds. The summed E-state index contributed by atoms with van der Waals surface area (Å²) in [7, 11) is 0. The third-order valence-electron chi connectivity index (χ3n) is 2.57. The van der Waals surface area contributed by atoms with Gasteiger partial charge in [0.05, 0.1) is 12.1 Å². The zero-order valence-electron chi connectivity index (χ0n) is 9.20. The molecule has 0 saturated carbocycles. The fourth-order valence-corrected chi connectivity index (χ4v) is 1.57. The Hall–Kier alpha value is -0.930. The predicted octanol–water partition coefficient (Wildman–Crippen LogP) is 2.29. The molecule has 0 unspecified atom stereocenters. The number of rotatable bonds is 4. The van der Waals surface area contributed by atoms with Crippen molar-refractivity contribution in [1.29, 1.82) is 0 Å². The first-order valence-corrected chi connectivity index (χ1v) is 5.26. The maximum absolute atomic E-state index is 13.0. The molecule has 0 aromatic heterocycles. The van der Waals surface area contributed by atoms with Crippen molar-refractivity contribution in [2.75, 3.05) is 0 Å². The molecule has 1 aromatic carbocycles. The van der Waals surface area contributed by atoms with Gasteiger partial charge < -0.3 is 10.8 Å². The second-order valence-electron chi connectivity index (χ2n) is 3.89.